The second kappa shape index (κ2) is 7.30. The van der Waals surface area contributed by atoms with Gasteiger partial charge in [-0.1, -0.05) is 12.1 Å². The molecule has 4 rings (SSSR count). The van der Waals surface area contributed by atoms with Gasteiger partial charge in [0.2, 0.25) is 0 Å². The molecule has 8 nitrogen and oxygen atoms in total. The molecule has 1 aromatic carbocycles. The zero-order valence-corrected chi connectivity index (χ0v) is 15.8. The van der Waals surface area contributed by atoms with Gasteiger partial charge in [0.15, 0.2) is 5.69 Å². The van der Waals surface area contributed by atoms with Crippen molar-refractivity contribution in [1.29, 1.82) is 0 Å². The molecule has 1 amide bonds. The molecule has 0 saturated carbocycles. The van der Waals surface area contributed by atoms with Crippen LogP contribution in [0.4, 0.5) is 5.69 Å². The highest BCUT2D eigenvalue weighted by molar-refractivity contribution is 6.03. The van der Waals surface area contributed by atoms with Gasteiger partial charge in [0.25, 0.3) is 11.5 Å². The van der Waals surface area contributed by atoms with Crippen LogP contribution < -0.4 is 15.2 Å². The summed E-state index contributed by atoms with van der Waals surface area (Å²) in [4.78, 5) is 33.5. The number of para-hydroxylation sites is 2. The lowest BCUT2D eigenvalue weighted by molar-refractivity contribution is 0.0740. The molecule has 3 aromatic rings. The Bertz CT molecular complexity index is 1090. The Labute approximate surface area is 162 Å². The van der Waals surface area contributed by atoms with Crippen LogP contribution in [0.5, 0.6) is 5.75 Å². The standard InChI is InChI=1S/C20H21N5O3/c1-23-19(26)17-14(6-5-9-21-17)18(22-23)20(27)25-12-10-24(11-13-25)15-7-3-4-8-16(15)28-2/h3-9H,10-13H2,1-2H3. The van der Waals surface area contributed by atoms with E-state index in [1.807, 2.05) is 24.3 Å². The van der Waals surface area contributed by atoms with Gasteiger partial charge in [0.1, 0.15) is 11.3 Å². The Hall–Kier alpha value is -3.42. The highest BCUT2D eigenvalue weighted by atomic mass is 16.5. The Morgan fingerprint density at radius 2 is 1.82 bits per heavy atom. The lowest BCUT2D eigenvalue weighted by Crippen LogP contribution is -2.49. The third-order valence-corrected chi connectivity index (χ3v) is 5.00. The highest BCUT2D eigenvalue weighted by Gasteiger charge is 2.26. The van der Waals surface area contributed by atoms with Gasteiger partial charge in [-0.2, -0.15) is 5.10 Å². The first-order chi connectivity index (χ1) is 13.6. The highest BCUT2D eigenvalue weighted by Crippen LogP contribution is 2.28. The van der Waals surface area contributed by atoms with Crippen molar-refractivity contribution in [2.24, 2.45) is 7.05 Å². The average molecular weight is 379 g/mol. The SMILES string of the molecule is COc1ccccc1N1CCN(C(=O)c2nn(C)c(=O)c3ncccc23)CC1. The van der Waals surface area contributed by atoms with E-state index in [-0.39, 0.29) is 22.7 Å². The minimum atomic E-state index is -0.312. The smallest absolute Gasteiger partial charge is 0.292 e. The van der Waals surface area contributed by atoms with Gasteiger partial charge in [0, 0.05) is 44.8 Å². The zero-order chi connectivity index (χ0) is 19.7. The van der Waals surface area contributed by atoms with Gasteiger partial charge < -0.3 is 14.5 Å². The van der Waals surface area contributed by atoms with Crippen LogP contribution in [-0.4, -0.2) is 58.9 Å². The van der Waals surface area contributed by atoms with Gasteiger partial charge in [-0.05, 0) is 24.3 Å². The van der Waals surface area contributed by atoms with E-state index in [2.05, 4.69) is 15.0 Å². The first kappa shape index (κ1) is 18.0. The van der Waals surface area contributed by atoms with E-state index < -0.39 is 0 Å². The monoisotopic (exact) mass is 379 g/mol. The van der Waals surface area contributed by atoms with Crippen molar-refractivity contribution in [2.75, 3.05) is 38.2 Å². The van der Waals surface area contributed by atoms with Crippen LogP contribution in [0.25, 0.3) is 10.9 Å². The normalized spacial score (nSPS) is 14.4. The van der Waals surface area contributed by atoms with Crippen molar-refractivity contribution in [3.05, 3.63) is 58.6 Å². The van der Waals surface area contributed by atoms with Crippen molar-refractivity contribution in [3.63, 3.8) is 0 Å². The Balaban J connectivity index is 1.58. The van der Waals surface area contributed by atoms with Crippen molar-refractivity contribution < 1.29 is 9.53 Å². The number of hydrogen-bond acceptors (Lipinski definition) is 6. The maximum absolute atomic E-state index is 13.1. The van der Waals surface area contributed by atoms with Crippen LogP contribution in [0.15, 0.2) is 47.4 Å². The summed E-state index contributed by atoms with van der Waals surface area (Å²) >= 11 is 0. The van der Waals surface area contributed by atoms with Crippen LogP contribution in [0.1, 0.15) is 10.5 Å². The molecular formula is C20H21N5O3. The topological polar surface area (TPSA) is 80.6 Å². The Morgan fingerprint density at radius 3 is 2.57 bits per heavy atom. The number of piperazine rings is 1. The molecule has 1 saturated heterocycles. The van der Waals surface area contributed by atoms with Crippen molar-refractivity contribution in [1.82, 2.24) is 19.7 Å². The minimum Gasteiger partial charge on any atom is -0.495 e. The summed E-state index contributed by atoms with van der Waals surface area (Å²) < 4.78 is 6.62. The van der Waals surface area contributed by atoms with Crippen molar-refractivity contribution in [3.8, 4) is 5.75 Å². The van der Waals surface area contributed by atoms with E-state index in [0.29, 0.717) is 31.6 Å². The number of anilines is 1. The largest absolute Gasteiger partial charge is 0.495 e. The van der Waals surface area contributed by atoms with Crippen LogP contribution in [0.3, 0.4) is 0 Å². The molecule has 28 heavy (non-hydrogen) atoms. The Kier molecular flexibility index (Phi) is 4.68. The third-order valence-electron chi connectivity index (χ3n) is 5.00. The molecule has 1 aliphatic heterocycles. The van der Waals surface area contributed by atoms with E-state index in [9.17, 15) is 9.59 Å². The number of ether oxygens (including phenoxy) is 1. The summed E-state index contributed by atoms with van der Waals surface area (Å²) in [5.41, 5.74) is 1.23. The van der Waals surface area contributed by atoms with E-state index in [0.717, 1.165) is 11.4 Å². The number of benzene rings is 1. The van der Waals surface area contributed by atoms with Crippen LogP contribution in [0, 0.1) is 0 Å². The van der Waals surface area contributed by atoms with Crippen LogP contribution in [0.2, 0.25) is 0 Å². The number of rotatable bonds is 3. The molecule has 0 N–H and O–H groups in total. The number of nitrogens with zero attached hydrogens (tertiary/aromatic N) is 5. The first-order valence-electron chi connectivity index (χ1n) is 9.09. The van der Waals surface area contributed by atoms with Gasteiger partial charge in [-0.25, -0.2) is 4.68 Å². The first-order valence-corrected chi connectivity index (χ1v) is 9.09. The van der Waals surface area contributed by atoms with Crippen LogP contribution >= 0.6 is 0 Å². The van der Waals surface area contributed by atoms with Crippen molar-refractivity contribution >= 4 is 22.5 Å². The summed E-state index contributed by atoms with van der Waals surface area (Å²) in [5.74, 6) is 0.632. The summed E-state index contributed by atoms with van der Waals surface area (Å²) in [6, 6.07) is 11.3. The summed E-state index contributed by atoms with van der Waals surface area (Å²) in [6.45, 7) is 2.49. The second-order valence-electron chi connectivity index (χ2n) is 6.63. The molecule has 3 heterocycles. The fraction of sp³-hybridized carbons (Fsp3) is 0.300. The van der Waals surface area contributed by atoms with E-state index in [1.165, 1.54) is 11.7 Å². The average Bonchev–Trinajstić information content (AvgIpc) is 2.76. The molecule has 0 bridgehead atoms. The number of methoxy groups -OCH3 is 1. The predicted octanol–water partition coefficient (Wildman–Crippen LogP) is 1.30. The second-order valence-corrected chi connectivity index (χ2v) is 6.63. The lowest BCUT2D eigenvalue weighted by Gasteiger charge is -2.36. The van der Waals surface area contributed by atoms with Gasteiger partial charge in [-0.15, -0.1) is 0 Å². The summed E-state index contributed by atoms with van der Waals surface area (Å²) in [6.07, 6.45) is 1.55. The number of pyridine rings is 1. The van der Waals surface area contributed by atoms with E-state index in [1.54, 1.807) is 30.3 Å². The fourth-order valence-corrected chi connectivity index (χ4v) is 3.52. The molecule has 0 atom stereocenters. The predicted molar refractivity (Wildman–Crippen MR) is 106 cm³/mol. The van der Waals surface area contributed by atoms with E-state index in [4.69, 9.17) is 4.74 Å². The lowest BCUT2D eigenvalue weighted by atomic mass is 10.1. The molecule has 0 unspecified atom stereocenters. The minimum absolute atomic E-state index is 0.187. The molecular weight excluding hydrogens is 358 g/mol. The van der Waals surface area contributed by atoms with E-state index >= 15 is 0 Å². The van der Waals surface area contributed by atoms with Crippen LogP contribution in [-0.2, 0) is 7.05 Å². The number of aromatic nitrogens is 3. The molecule has 0 radical (unpaired) electrons. The maximum atomic E-state index is 13.1. The Morgan fingerprint density at radius 1 is 1.07 bits per heavy atom. The number of amides is 1. The molecule has 0 spiro atoms. The van der Waals surface area contributed by atoms with Crippen molar-refractivity contribution in [2.45, 2.75) is 0 Å². The van der Waals surface area contributed by atoms with Gasteiger partial charge >= 0.3 is 0 Å². The zero-order valence-electron chi connectivity index (χ0n) is 15.8. The number of carbonyl (C=O) groups excluding carboxylic acids is 1. The molecule has 1 aliphatic rings. The number of fused-ring (bicyclic) bond motifs is 1. The molecule has 2 aromatic heterocycles. The summed E-state index contributed by atoms with van der Waals surface area (Å²) in [5, 5.41) is 4.71. The fourth-order valence-electron chi connectivity index (χ4n) is 3.52. The number of hydrogen-bond donors (Lipinski definition) is 0. The quantitative estimate of drug-likeness (QED) is 0.682. The molecule has 0 aliphatic carbocycles. The number of aryl methyl sites for hydroxylation is 1. The maximum Gasteiger partial charge on any atom is 0.292 e. The molecule has 1 fully saturated rings. The third kappa shape index (κ3) is 3.06. The molecule has 8 heteroatoms. The number of carbonyl (C=O) groups is 1. The van der Waals surface area contributed by atoms with Gasteiger partial charge in [-0.3, -0.25) is 14.6 Å². The van der Waals surface area contributed by atoms with Gasteiger partial charge in [0.05, 0.1) is 12.8 Å². The summed E-state index contributed by atoms with van der Waals surface area (Å²) in [7, 11) is 3.19. The molecule has 144 valence electrons.